The summed E-state index contributed by atoms with van der Waals surface area (Å²) in [5.41, 5.74) is -0.402. The molecule has 3 rings (SSSR count). The number of nitrogens with zero attached hydrogens (tertiary/aromatic N) is 2. The van der Waals surface area contributed by atoms with Crippen molar-refractivity contribution >= 4 is 16.7 Å². The van der Waals surface area contributed by atoms with E-state index < -0.39 is 5.56 Å². The average Bonchev–Trinajstić information content (AvgIpc) is 3.15. The Labute approximate surface area is 144 Å². The lowest BCUT2D eigenvalue weighted by molar-refractivity contribution is -0.122. The summed E-state index contributed by atoms with van der Waals surface area (Å²) in [7, 11) is 2.97. The van der Waals surface area contributed by atoms with Gasteiger partial charge in [0.05, 0.1) is 31.9 Å². The molecule has 2 heterocycles. The summed E-state index contributed by atoms with van der Waals surface area (Å²) < 4.78 is 17.1. The summed E-state index contributed by atoms with van der Waals surface area (Å²) in [5, 5.41) is 7.81. The molecule has 1 saturated heterocycles. The van der Waals surface area contributed by atoms with E-state index in [0.717, 1.165) is 24.1 Å². The molecule has 1 N–H and O–H groups in total. The predicted molar refractivity (Wildman–Crippen MR) is 91.1 cm³/mol. The Morgan fingerprint density at radius 1 is 1.40 bits per heavy atom. The average molecular weight is 347 g/mol. The Hall–Kier alpha value is -2.61. The maximum Gasteiger partial charge on any atom is 0.279 e. The van der Waals surface area contributed by atoms with Gasteiger partial charge in [0, 0.05) is 18.5 Å². The van der Waals surface area contributed by atoms with E-state index in [2.05, 4.69) is 10.4 Å². The number of hydrogen-bond acceptors (Lipinski definition) is 6. The molecule has 8 heteroatoms. The number of carbonyl (C=O) groups is 1. The molecule has 134 valence electrons. The van der Waals surface area contributed by atoms with E-state index >= 15 is 0 Å². The fourth-order valence-electron chi connectivity index (χ4n) is 2.92. The lowest BCUT2D eigenvalue weighted by atomic mass is 10.1. The molecule has 1 amide bonds. The summed E-state index contributed by atoms with van der Waals surface area (Å²) in [6.45, 7) is 1.01. The van der Waals surface area contributed by atoms with Gasteiger partial charge in [0.1, 0.15) is 6.54 Å². The largest absolute Gasteiger partial charge is 0.493 e. The van der Waals surface area contributed by atoms with Crippen LogP contribution in [-0.4, -0.2) is 49.2 Å². The molecular formula is C17H21N3O5. The Bertz CT molecular complexity index is 827. The number of methoxy groups -OCH3 is 2. The van der Waals surface area contributed by atoms with Crippen LogP contribution in [0, 0.1) is 0 Å². The molecule has 0 spiro atoms. The van der Waals surface area contributed by atoms with E-state index in [1.54, 1.807) is 12.1 Å². The first-order valence-corrected chi connectivity index (χ1v) is 8.13. The molecule has 0 saturated carbocycles. The van der Waals surface area contributed by atoms with E-state index in [1.807, 2.05) is 0 Å². The smallest absolute Gasteiger partial charge is 0.279 e. The lowest BCUT2D eigenvalue weighted by Gasteiger charge is -2.13. The maximum absolute atomic E-state index is 12.7. The predicted octanol–water partition coefficient (Wildman–Crippen LogP) is 0.709. The fourth-order valence-corrected chi connectivity index (χ4v) is 2.92. The highest BCUT2D eigenvalue weighted by atomic mass is 16.5. The van der Waals surface area contributed by atoms with E-state index in [0.29, 0.717) is 28.8 Å². The first-order valence-electron chi connectivity index (χ1n) is 8.13. The number of hydrogen-bond donors (Lipinski definition) is 1. The van der Waals surface area contributed by atoms with E-state index in [-0.39, 0.29) is 18.6 Å². The number of nitrogens with one attached hydrogen (secondary N) is 1. The Morgan fingerprint density at radius 2 is 2.24 bits per heavy atom. The standard InChI is InChI=1S/C17H21N3O5/c1-23-13-6-5-11-8-19-20(17(22)15(11)16(13)24-2)10-14(21)18-9-12-4-3-7-25-12/h5-6,8,12H,3-4,7,9-10H2,1-2H3,(H,18,21)/t12-/m1/s1. The molecule has 1 aliphatic rings. The minimum atomic E-state index is -0.402. The van der Waals surface area contributed by atoms with Crippen molar-refractivity contribution in [3.8, 4) is 11.5 Å². The summed E-state index contributed by atoms with van der Waals surface area (Å²) in [5.74, 6) is 0.500. The van der Waals surface area contributed by atoms with Crippen LogP contribution in [0.2, 0.25) is 0 Å². The molecule has 0 radical (unpaired) electrons. The van der Waals surface area contributed by atoms with Crippen molar-refractivity contribution in [2.45, 2.75) is 25.5 Å². The number of carbonyl (C=O) groups excluding carboxylic acids is 1. The van der Waals surface area contributed by atoms with Crippen LogP contribution in [0.5, 0.6) is 11.5 Å². The van der Waals surface area contributed by atoms with Crippen molar-refractivity contribution in [1.82, 2.24) is 15.1 Å². The number of fused-ring (bicyclic) bond motifs is 1. The molecule has 1 fully saturated rings. The third-order valence-electron chi connectivity index (χ3n) is 4.21. The Kier molecular flexibility index (Phi) is 5.18. The summed E-state index contributed by atoms with van der Waals surface area (Å²) in [6.07, 6.45) is 3.53. The number of aromatic nitrogens is 2. The number of ether oxygens (including phenoxy) is 3. The lowest BCUT2D eigenvalue weighted by Crippen LogP contribution is -2.37. The van der Waals surface area contributed by atoms with Crippen molar-refractivity contribution < 1.29 is 19.0 Å². The van der Waals surface area contributed by atoms with Crippen LogP contribution in [-0.2, 0) is 16.1 Å². The van der Waals surface area contributed by atoms with Crippen LogP contribution >= 0.6 is 0 Å². The van der Waals surface area contributed by atoms with E-state index in [4.69, 9.17) is 14.2 Å². The first kappa shape index (κ1) is 17.2. The number of benzene rings is 1. The van der Waals surface area contributed by atoms with Crippen LogP contribution in [0.1, 0.15) is 12.8 Å². The van der Waals surface area contributed by atoms with Gasteiger partial charge in [-0.2, -0.15) is 5.10 Å². The molecule has 0 unspecified atom stereocenters. The molecule has 1 aliphatic heterocycles. The number of rotatable bonds is 6. The molecule has 0 aliphatic carbocycles. The van der Waals surface area contributed by atoms with Gasteiger partial charge in [-0.3, -0.25) is 9.59 Å². The van der Waals surface area contributed by atoms with Gasteiger partial charge < -0.3 is 19.5 Å². The SMILES string of the molecule is COc1ccc2cnn(CC(=O)NC[C@H]3CCCO3)c(=O)c2c1OC. The van der Waals surface area contributed by atoms with Crippen LogP contribution in [0.3, 0.4) is 0 Å². The minimum Gasteiger partial charge on any atom is -0.493 e. The zero-order chi connectivity index (χ0) is 17.8. The second-order valence-electron chi connectivity index (χ2n) is 5.81. The van der Waals surface area contributed by atoms with E-state index in [9.17, 15) is 9.59 Å². The van der Waals surface area contributed by atoms with Crippen molar-refractivity contribution in [3.05, 3.63) is 28.7 Å². The quantitative estimate of drug-likeness (QED) is 0.827. The molecule has 1 atom stereocenters. The van der Waals surface area contributed by atoms with Crippen LogP contribution in [0.25, 0.3) is 10.8 Å². The highest BCUT2D eigenvalue weighted by Crippen LogP contribution is 2.32. The molecule has 8 nitrogen and oxygen atoms in total. The van der Waals surface area contributed by atoms with Gasteiger partial charge in [-0.1, -0.05) is 0 Å². The van der Waals surface area contributed by atoms with Gasteiger partial charge in [0.25, 0.3) is 5.56 Å². The first-order chi connectivity index (χ1) is 12.1. The third kappa shape index (κ3) is 3.58. The monoisotopic (exact) mass is 347 g/mol. The second kappa shape index (κ2) is 7.52. The normalized spacial score (nSPS) is 16.8. The van der Waals surface area contributed by atoms with Crippen molar-refractivity contribution in [2.24, 2.45) is 0 Å². The summed E-state index contributed by atoms with van der Waals surface area (Å²) >= 11 is 0. The van der Waals surface area contributed by atoms with Gasteiger partial charge >= 0.3 is 0 Å². The topological polar surface area (TPSA) is 91.7 Å². The van der Waals surface area contributed by atoms with Crippen LogP contribution < -0.4 is 20.3 Å². The zero-order valence-electron chi connectivity index (χ0n) is 14.3. The summed E-state index contributed by atoms with van der Waals surface area (Å²) in [6, 6.07) is 3.44. The minimum absolute atomic E-state index is 0.0505. The van der Waals surface area contributed by atoms with Gasteiger partial charge in [0.15, 0.2) is 11.5 Å². The maximum atomic E-state index is 12.7. The molecule has 25 heavy (non-hydrogen) atoms. The molecule has 1 aromatic heterocycles. The Morgan fingerprint density at radius 3 is 2.92 bits per heavy atom. The molecule has 0 bridgehead atoms. The molecular weight excluding hydrogens is 326 g/mol. The van der Waals surface area contributed by atoms with E-state index in [1.165, 1.54) is 20.4 Å². The second-order valence-corrected chi connectivity index (χ2v) is 5.81. The molecule has 2 aromatic rings. The van der Waals surface area contributed by atoms with Gasteiger partial charge in [0.2, 0.25) is 5.91 Å². The fraction of sp³-hybridized carbons (Fsp3) is 0.471. The zero-order valence-corrected chi connectivity index (χ0v) is 14.3. The van der Waals surface area contributed by atoms with Crippen molar-refractivity contribution in [1.29, 1.82) is 0 Å². The van der Waals surface area contributed by atoms with Crippen LogP contribution in [0.15, 0.2) is 23.1 Å². The number of amides is 1. The summed E-state index contributed by atoms with van der Waals surface area (Å²) in [4.78, 5) is 24.8. The highest BCUT2D eigenvalue weighted by molar-refractivity contribution is 5.89. The molecule has 1 aromatic carbocycles. The van der Waals surface area contributed by atoms with Gasteiger partial charge in [-0.15, -0.1) is 0 Å². The van der Waals surface area contributed by atoms with Crippen molar-refractivity contribution in [3.63, 3.8) is 0 Å². The van der Waals surface area contributed by atoms with Gasteiger partial charge in [-0.25, -0.2) is 4.68 Å². The highest BCUT2D eigenvalue weighted by Gasteiger charge is 2.18. The van der Waals surface area contributed by atoms with Gasteiger partial charge in [-0.05, 0) is 25.0 Å². The van der Waals surface area contributed by atoms with Crippen LogP contribution in [0.4, 0.5) is 0 Å². The van der Waals surface area contributed by atoms with Crippen molar-refractivity contribution in [2.75, 3.05) is 27.4 Å². The Balaban J connectivity index is 1.82. The third-order valence-corrected chi connectivity index (χ3v) is 4.21.